The van der Waals surface area contributed by atoms with E-state index in [1.54, 1.807) is 11.3 Å². The molecule has 2 aromatic rings. The van der Waals surface area contributed by atoms with Gasteiger partial charge in [-0.3, -0.25) is 0 Å². The zero-order valence-electron chi connectivity index (χ0n) is 11.6. The molecule has 3 rings (SSSR count). The lowest BCUT2D eigenvalue weighted by molar-refractivity contribution is 0.130. The maximum absolute atomic E-state index is 5.96. The Bertz CT molecular complexity index is 555. The van der Waals surface area contributed by atoms with E-state index in [4.69, 9.17) is 15.0 Å². The molecule has 108 valence electrons. The Morgan fingerprint density at radius 3 is 3.10 bits per heavy atom. The second-order valence-corrected chi connectivity index (χ2v) is 6.13. The fraction of sp³-hybridized carbons (Fsp3) is 0.571. The lowest BCUT2D eigenvalue weighted by atomic mass is 9.99. The van der Waals surface area contributed by atoms with E-state index in [-0.39, 0.29) is 6.04 Å². The zero-order valence-corrected chi connectivity index (χ0v) is 12.4. The Morgan fingerprint density at radius 2 is 2.30 bits per heavy atom. The highest BCUT2D eigenvalue weighted by Gasteiger charge is 2.19. The molecule has 0 radical (unpaired) electrons. The minimum absolute atomic E-state index is 0.331. The number of hydrogen-bond acceptors (Lipinski definition) is 6. The van der Waals surface area contributed by atoms with Gasteiger partial charge in [-0.2, -0.15) is 4.98 Å². The van der Waals surface area contributed by atoms with Crippen LogP contribution in [0, 0.1) is 0 Å². The highest BCUT2D eigenvalue weighted by Crippen LogP contribution is 2.35. The van der Waals surface area contributed by atoms with Crippen LogP contribution in [0.5, 0.6) is 0 Å². The average molecular weight is 293 g/mol. The van der Waals surface area contributed by atoms with E-state index in [0.717, 1.165) is 11.3 Å². The maximum Gasteiger partial charge on any atom is 0.268 e. The Kier molecular flexibility index (Phi) is 4.14. The molecule has 1 aliphatic rings. The Labute approximate surface area is 122 Å². The number of rotatable bonds is 5. The summed E-state index contributed by atoms with van der Waals surface area (Å²) >= 11 is 1.76. The Balaban J connectivity index is 1.77. The number of hydrogen-bond donors (Lipinski definition) is 1. The topological polar surface area (TPSA) is 74.2 Å². The monoisotopic (exact) mass is 293 g/mol. The number of fused-ring (bicyclic) bond motifs is 1. The Morgan fingerprint density at radius 1 is 1.45 bits per heavy atom. The summed E-state index contributed by atoms with van der Waals surface area (Å²) in [5, 5.41) is 3.97. The number of nitrogens with two attached hydrogens (primary N) is 1. The molecule has 1 aliphatic carbocycles. The van der Waals surface area contributed by atoms with E-state index < -0.39 is 0 Å². The third kappa shape index (κ3) is 2.77. The van der Waals surface area contributed by atoms with Crippen LogP contribution in [0.1, 0.15) is 42.1 Å². The zero-order chi connectivity index (χ0) is 13.9. The minimum Gasteiger partial charge on any atom is -0.380 e. The maximum atomic E-state index is 5.96. The molecule has 2 N–H and O–H groups in total. The van der Waals surface area contributed by atoms with Crippen LogP contribution < -0.4 is 5.73 Å². The molecule has 0 aromatic carbocycles. The van der Waals surface area contributed by atoms with Crippen LogP contribution in [-0.2, 0) is 17.6 Å². The van der Waals surface area contributed by atoms with Crippen molar-refractivity contribution >= 4 is 11.3 Å². The van der Waals surface area contributed by atoms with Crippen molar-refractivity contribution < 1.29 is 9.26 Å². The molecule has 0 aliphatic heterocycles. The first-order valence-corrected chi connectivity index (χ1v) is 7.88. The molecule has 2 heterocycles. The summed E-state index contributed by atoms with van der Waals surface area (Å²) in [4.78, 5) is 6.92. The van der Waals surface area contributed by atoms with E-state index >= 15 is 0 Å². The molecule has 5 nitrogen and oxygen atoms in total. The molecule has 0 fully saturated rings. The fourth-order valence-corrected chi connectivity index (χ4v) is 3.58. The van der Waals surface area contributed by atoms with Crippen molar-refractivity contribution in [3.05, 3.63) is 22.3 Å². The summed E-state index contributed by atoms with van der Waals surface area (Å²) in [5.74, 6) is 1.09. The second kappa shape index (κ2) is 6.03. The van der Waals surface area contributed by atoms with Crippen molar-refractivity contribution in [2.45, 2.75) is 38.6 Å². The SMILES string of the molecule is CCOCC(N)c1noc(-c2cc3c(s2)CCCC3)n1. The first-order chi connectivity index (χ1) is 9.78. The highest BCUT2D eigenvalue weighted by molar-refractivity contribution is 7.15. The van der Waals surface area contributed by atoms with Gasteiger partial charge in [0, 0.05) is 11.5 Å². The van der Waals surface area contributed by atoms with Crippen LogP contribution in [-0.4, -0.2) is 23.4 Å². The van der Waals surface area contributed by atoms with E-state index in [1.807, 2.05) is 6.92 Å². The smallest absolute Gasteiger partial charge is 0.268 e. The minimum atomic E-state index is -0.331. The first-order valence-electron chi connectivity index (χ1n) is 7.06. The van der Waals surface area contributed by atoms with Crippen LogP contribution in [0.15, 0.2) is 10.6 Å². The molecule has 1 unspecified atom stereocenters. The van der Waals surface area contributed by atoms with Crippen molar-refractivity contribution in [2.75, 3.05) is 13.2 Å². The third-order valence-electron chi connectivity index (χ3n) is 3.48. The van der Waals surface area contributed by atoms with Crippen LogP contribution in [0.2, 0.25) is 0 Å². The van der Waals surface area contributed by atoms with Crippen molar-refractivity contribution in [2.24, 2.45) is 5.73 Å². The molecule has 1 atom stereocenters. The number of thiophene rings is 1. The first kappa shape index (κ1) is 13.7. The number of aromatic nitrogens is 2. The summed E-state index contributed by atoms with van der Waals surface area (Å²) in [6, 6.07) is 1.85. The molecule has 2 aromatic heterocycles. The van der Waals surface area contributed by atoms with Gasteiger partial charge < -0.3 is 15.0 Å². The van der Waals surface area contributed by atoms with Crippen molar-refractivity contribution in [3.63, 3.8) is 0 Å². The van der Waals surface area contributed by atoms with Crippen LogP contribution in [0.25, 0.3) is 10.8 Å². The second-order valence-electron chi connectivity index (χ2n) is 4.99. The van der Waals surface area contributed by atoms with Gasteiger partial charge in [-0.25, -0.2) is 0 Å². The molecule has 20 heavy (non-hydrogen) atoms. The van der Waals surface area contributed by atoms with E-state index in [0.29, 0.717) is 24.9 Å². The normalized spacial score (nSPS) is 16.1. The summed E-state index contributed by atoms with van der Waals surface area (Å²) in [7, 11) is 0. The van der Waals surface area contributed by atoms with Crippen molar-refractivity contribution in [1.82, 2.24) is 10.1 Å². The molecule has 0 bridgehead atoms. The van der Waals surface area contributed by atoms with Crippen molar-refractivity contribution in [3.8, 4) is 10.8 Å². The van der Waals surface area contributed by atoms with Crippen LogP contribution in [0.3, 0.4) is 0 Å². The standard InChI is InChI=1S/C14H19N3O2S/c1-2-18-8-10(15)13-16-14(19-17-13)12-7-9-5-3-4-6-11(9)20-12/h7,10H,2-6,8,15H2,1H3. The Hall–Kier alpha value is -1.24. The molecule has 0 amide bonds. The van der Waals surface area contributed by atoms with Crippen LogP contribution >= 0.6 is 11.3 Å². The molecule has 0 spiro atoms. The molecule has 0 saturated heterocycles. The molecular formula is C14H19N3O2S. The average Bonchev–Trinajstić information content (AvgIpc) is 3.10. The number of aryl methyl sites for hydroxylation is 2. The number of ether oxygens (including phenoxy) is 1. The summed E-state index contributed by atoms with van der Waals surface area (Å²) in [6.07, 6.45) is 4.89. The summed E-state index contributed by atoms with van der Waals surface area (Å²) < 4.78 is 10.6. The van der Waals surface area contributed by atoms with E-state index in [1.165, 1.54) is 29.7 Å². The highest BCUT2D eigenvalue weighted by atomic mass is 32.1. The van der Waals surface area contributed by atoms with Gasteiger partial charge >= 0.3 is 0 Å². The van der Waals surface area contributed by atoms with Gasteiger partial charge in [0.2, 0.25) is 0 Å². The summed E-state index contributed by atoms with van der Waals surface area (Å²) in [6.45, 7) is 2.98. The third-order valence-corrected chi connectivity index (χ3v) is 4.71. The van der Waals surface area contributed by atoms with Gasteiger partial charge in [0.1, 0.15) is 0 Å². The lowest BCUT2D eigenvalue weighted by Gasteiger charge is -2.08. The van der Waals surface area contributed by atoms with Gasteiger partial charge in [-0.15, -0.1) is 11.3 Å². The van der Waals surface area contributed by atoms with Gasteiger partial charge in [0.15, 0.2) is 5.82 Å². The summed E-state index contributed by atoms with van der Waals surface area (Å²) in [5.41, 5.74) is 7.40. The lowest BCUT2D eigenvalue weighted by Crippen LogP contribution is -2.18. The predicted octanol–water partition coefficient (Wildman–Crippen LogP) is 2.71. The molecular weight excluding hydrogens is 274 g/mol. The molecule has 6 heteroatoms. The predicted molar refractivity (Wildman–Crippen MR) is 77.7 cm³/mol. The van der Waals surface area contributed by atoms with Crippen molar-refractivity contribution in [1.29, 1.82) is 0 Å². The van der Waals surface area contributed by atoms with Gasteiger partial charge in [0.05, 0.1) is 17.5 Å². The van der Waals surface area contributed by atoms with E-state index in [2.05, 4.69) is 16.2 Å². The van der Waals surface area contributed by atoms with Gasteiger partial charge in [-0.05, 0) is 44.2 Å². The largest absolute Gasteiger partial charge is 0.380 e. The number of nitrogens with zero attached hydrogens (tertiary/aromatic N) is 2. The van der Waals surface area contributed by atoms with E-state index in [9.17, 15) is 0 Å². The fourth-order valence-electron chi connectivity index (χ4n) is 2.40. The van der Waals surface area contributed by atoms with Crippen LogP contribution in [0.4, 0.5) is 0 Å². The van der Waals surface area contributed by atoms with Gasteiger partial charge in [0.25, 0.3) is 5.89 Å². The molecule has 0 saturated carbocycles. The van der Waals surface area contributed by atoms with Gasteiger partial charge in [-0.1, -0.05) is 5.16 Å². The quantitative estimate of drug-likeness (QED) is 0.917.